The Morgan fingerprint density at radius 1 is 1.44 bits per heavy atom. The molecule has 0 spiro atoms. The van der Waals surface area contributed by atoms with Gasteiger partial charge in [0.25, 0.3) is 0 Å². The molecule has 0 aliphatic heterocycles. The molecule has 2 nitrogen and oxygen atoms in total. The number of halogens is 1. The minimum atomic E-state index is 0.278. The van der Waals surface area contributed by atoms with E-state index in [1.165, 1.54) is 12.8 Å². The van der Waals surface area contributed by atoms with E-state index < -0.39 is 0 Å². The topological polar surface area (TPSA) is 25.2 Å². The second kappa shape index (κ2) is 4.53. The lowest BCUT2D eigenvalue weighted by atomic mass is 9.92. The van der Waals surface area contributed by atoms with Gasteiger partial charge in [0, 0.05) is 6.54 Å². The van der Waals surface area contributed by atoms with Crippen LogP contribution in [0.15, 0.2) is 21.2 Å². The highest BCUT2D eigenvalue weighted by molar-refractivity contribution is 9.10. The number of rotatable bonds is 5. The van der Waals surface area contributed by atoms with Gasteiger partial charge in [0.1, 0.15) is 5.76 Å². The van der Waals surface area contributed by atoms with Gasteiger partial charge in [0.05, 0.1) is 16.8 Å². The van der Waals surface area contributed by atoms with Crippen LogP contribution in [0.1, 0.15) is 45.4 Å². The molecule has 0 saturated heterocycles. The molecule has 1 aliphatic carbocycles. The van der Waals surface area contributed by atoms with Crippen LogP contribution < -0.4 is 5.32 Å². The van der Waals surface area contributed by atoms with Gasteiger partial charge in [-0.3, -0.25) is 0 Å². The van der Waals surface area contributed by atoms with Crippen molar-refractivity contribution in [2.75, 3.05) is 6.54 Å². The van der Waals surface area contributed by atoms with Gasteiger partial charge in [0.15, 0.2) is 0 Å². The van der Waals surface area contributed by atoms with Crippen molar-refractivity contribution in [1.29, 1.82) is 0 Å². The van der Waals surface area contributed by atoms with E-state index in [0.29, 0.717) is 5.41 Å². The van der Waals surface area contributed by atoms with Crippen LogP contribution in [0.2, 0.25) is 0 Å². The summed E-state index contributed by atoms with van der Waals surface area (Å²) in [6.45, 7) is 7.89. The van der Waals surface area contributed by atoms with Crippen molar-refractivity contribution in [2.45, 2.75) is 39.7 Å². The van der Waals surface area contributed by atoms with Crippen LogP contribution in [0.3, 0.4) is 0 Å². The third-order valence-electron chi connectivity index (χ3n) is 3.92. The molecule has 1 aromatic heterocycles. The number of furan rings is 1. The van der Waals surface area contributed by atoms with Gasteiger partial charge < -0.3 is 9.73 Å². The monoisotopic (exact) mass is 285 g/mol. The second-order valence-corrected chi connectivity index (χ2v) is 6.11. The summed E-state index contributed by atoms with van der Waals surface area (Å²) in [6.07, 6.45) is 4.46. The number of nitrogens with one attached hydrogen (secondary N) is 1. The zero-order valence-electron chi connectivity index (χ0n) is 10.2. The zero-order chi connectivity index (χ0) is 11.8. The Labute approximate surface area is 106 Å². The molecule has 16 heavy (non-hydrogen) atoms. The zero-order valence-corrected chi connectivity index (χ0v) is 11.8. The van der Waals surface area contributed by atoms with E-state index in [1.54, 1.807) is 6.26 Å². The summed E-state index contributed by atoms with van der Waals surface area (Å²) in [7, 11) is 0. The van der Waals surface area contributed by atoms with Gasteiger partial charge in [0.2, 0.25) is 0 Å². The molecular formula is C13H20BrNO. The molecule has 1 atom stereocenters. The molecule has 1 heterocycles. The van der Waals surface area contributed by atoms with E-state index in [0.717, 1.165) is 22.7 Å². The number of hydrogen-bond acceptors (Lipinski definition) is 2. The van der Waals surface area contributed by atoms with Crippen LogP contribution in [0.5, 0.6) is 0 Å². The van der Waals surface area contributed by atoms with Crippen LogP contribution in [0, 0.1) is 11.3 Å². The van der Waals surface area contributed by atoms with E-state index in [2.05, 4.69) is 42.0 Å². The van der Waals surface area contributed by atoms with E-state index in [-0.39, 0.29) is 6.04 Å². The second-order valence-electron chi connectivity index (χ2n) is 5.25. The van der Waals surface area contributed by atoms with Crippen LogP contribution in [0.4, 0.5) is 0 Å². The lowest BCUT2D eigenvalue weighted by molar-refractivity contribution is 0.312. The van der Waals surface area contributed by atoms with Gasteiger partial charge in [-0.05, 0) is 53.1 Å². The Hall–Kier alpha value is -0.280. The van der Waals surface area contributed by atoms with E-state index in [4.69, 9.17) is 4.42 Å². The third kappa shape index (κ3) is 2.35. The predicted molar refractivity (Wildman–Crippen MR) is 69.3 cm³/mol. The molecule has 1 aromatic rings. The normalized spacial score (nSPS) is 20.1. The maximum Gasteiger partial charge on any atom is 0.134 e. The highest BCUT2D eigenvalue weighted by atomic mass is 79.9. The van der Waals surface area contributed by atoms with Crippen LogP contribution in [0.25, 0.3) is 0 Å². The molecular weight excluding hydrogens is 266 g/mol. The molecule has 3 heteroatoms. The maximum atomic E-state index is 5.46. The van der Waals surface area contributed by atoms with E-state index in [9.17, 15) is 0 Å². The standard InChI is InChI=1S/C13H20BrNO/c1-9(2)13(5-6-13)8-15-10(3)12-11(14)4-7-16-12/h4,7,9-10,15H,5-6,8H2,1-3H3. The summed E-state index contributed by atoms with van der Waals surface area (Å²) < 4.78 is 6.52. The summed E-state index contributed by atoms with van der Waals surface area (Å²) in [4.78, 5) is 0. The highest BCUT2D eigenvalue weighted by Gasteiger charge is 2.45. The SMILES string of the molecule is CC(NCC1(C(C)C)CC1)c1occc1Br. The molecule has 1 N–H and O–H groups in total. The van der Waals surface area contributed by atoms with Crippen molar-refractivity contribution in [2.24, 2.45) is 11.3 Å². The fourth-order valence-electron chi connectivity index (χ4n) is 2.18. The molecule has 1 aliphatic rings. The Balaban J connectivity index is 1.89. The predicted octanol–water partition coefficient (Wildman–Crippen LogP) is 4.13. The van der Waals surface area contributed by atoms with Gasteiger partial charge >= 0.3 is 0 Å². The molecule has 1 saturated carbocycles. The Kier molecular flexibility index (Phi) is 3.45. The molecule has 0 amide bonds. The minimum absolute atomic E-state index is 0.278. The molecule has 1 unspecified atom stereocenters. The van der Waals surface area contributed by atoms with Crippen molar-refractivity contribution in [1.82, 2.24) is 5.32 Å². The first-order chi connectivity index (χ1) is 7.55. The van der Waals surface area contributed by atoms with Gasteiger partial charge in [-0.25, -0.2) is 0 Å². The summed E-state index contributed by atoms with van der Waals surface area (Å²) in [6, 6.07) is 2.23. The van der Waals surface area contributed by atoms with E-state index in [1.807, 2.05) is 6.07 Å². The largest absolute Gasteiger partial charge is 0.466 e. The van der Waals surface area contributed by atoms with Gasteiger partial charge in [-0.2, -0.15) is 0 Å². The lowest BCUT2D eigenvalue weighted by Crippen LogP contribution is -2.29. The fraction of sp³-hybridized carbons (Fsp3) is 0.692. The Bertz CT molecular complexity index is 355. The smallest absolute Gasteiger partial charge is 0.134 e. The first-order valence-corrected chi connectivity index (χ1v) is 6.81. The summed E-state index contributed by atoms with van der Waals surface area (Å²) in [5, 5.41) is 3.59. The van der Waals surface area contributed by atoms with Gasteiger partial charge in [-0.1, -0.05) is 13.8 Å². The van der Waals surface area contributed by atoms with Crippen molar-refractivity contribution >= 4 is 15.9 Å². The molecule has 0 aromatic carbocycles. The first-order valence-electron chi connectivity index (χ1n) is 6.01. The minimum Gasteiger partial charge on any atom is -0.466 e. The third-order valence-corrected chi connectivity index (χ3v) is 4.57. The lowest BCUT2D eigenvalue weighted by Gasteiger charge is -2.22. The molecule has 0 radical (unpaired) electrons. The maximum absolute atomic E-state index is 5.46. The molecule has 0 bridgehead atoms. The quantitative estimate of drug-likeness (QED) is 0.880. The van der Waals surface area contributed by atoms with Crippen LogP contribution >= 0.6 is 15.9 Å². The fourth-order valence-corrected chi connectivity index (χ4v) is 2.73. The highest BCUT2D eigenvalue weighted by Crippen LogP contribution is 2.51. The summed E-state index contributed by atoms with van der Waals surface area (Å²) in [5.74, 6) is 1.77. The van der Waals surface area contributed by atoms with Crippen molar-refractivity contribution in [3.05, 3.63) is 22.6 Å². The Morgan fingerprint density at radius 3 is 2.56 bits per heavy atom. The molecule has 2 rings (SSSR count). The summed E-state index contributed by atoms with van der Waals surface area (Å²) >= 11 is 3.50. The van der Waals surface area contributed by atoms with Gasteiger partial charge in [-0.15, -0.1) is 0 Å². The van der Waals surface area contributed by atoms with Crippen molar-refractivity contribution in [3.8, 4) is 0 Å². The number of hydrogen-bond donors (Lipinski definition) is 1. The summed E-state index contributed by atoms with van der Waals surface area (Å²) in [5.41, 5.74) is 0.549. The Morgan fingerprint density at radius 2 is 2.12 bits per heavy atom. The van der Waals surface area contributed by atoms with Crippen LogP contribution in [-0.4, -0.2) is 6.54 Å². The average Bonchev–Trinajstić information content (AvgIpc) is 2.92. The molecule has 1 fully saturated rings. The molecule has 90 valence electrons. The average molecular weight is 286 g/mol. The van der Waals surface area contributed by atoms with Crippen LogP contribution in [-0.2, 0) is 0 Å². The van der Waals surface area contributed by atoms with Crippen molar-refractivity contribution in [3.63, 3.8) is 0 Å². The first kappa shape index (κ1) is 12.2. The van der Waals surface area contributed by atoms with Crippen molar-refractivity contribution < 1.29 is 4.42 Å². The van der Waals surface area contributed by atoms with E-state index >= 15 is 0 Å².